The van der Waals surface area contributed by atoms with Gasteiger partial charge in [-0.1, -0.05) is 86.5 Å². The van der Waals surface area contributed by atoms with Gasteiger partial charge in [0.05, 0.1) is 0 Å². The minimum atomic E-state index is -1.24. The van der Waals surface area contributed by atoms with Crippen LogP contribution >= 0.6 is 0 Å². The number of amides is 8. The van der Waals surface area contributed by atoms with Crippen LogP contribution < -0.4 is 32.3 Å². The highest BCUT2D eigenvalue weighted by Gasteiger charge is 2.44. The Kier molecular flexibility index (Phi) is 19.6. The number of aliphatic carboxylic acids is 1. The summed E-state index contributed by atoms with van der Waals surface area (Å²) in [5.41, 5.74) is 8.23. The number of H-pyrrole nitrogens is 1. The minimum absolute atomic E-state index is 0.0102. The molecule has 9 N–H and O–H groups in total. The van der Waals surface area contributed by atoms with Crippen LogP contribution in [0.3, 0.4) is 0 Å². The third-order valence-corrected chi connectivity index (χ3v) is 12.3. The Labute approximate surface area is 407 Å². The summed E-state index contributed by atoms with van der Waals surface area (Å²) in [4.78, 5) is 124. The molecule has 2 fully saturated rings. The summed E-state index contributed by atoms with van der Waals surface area (Å²) in [5, 5.41) is 22.0. The van der Waals surface area contributed by atoms with E-state index in [0.717, 1.165) is 29.8 Å². The number of nitrogens with two attached hydrogens (primary N) is 1. The third kappa shape index (κ3) is 14.7. The van der Waals surface area contributed by atoms with Gasteiger partial charge in [0, 0.05) is 55.5 Å². The van der Waals surface area contributed by atoms with Crippen LogP contribution in [-0.2, 0) is 51.2 Å². The minimum Gasteiger partial charge on any atom is -0.481 e. The topological polar surface area (TPSA) is 282 Å². The molecule has 6 rings (SSSR count). The van der Waals surface area contributed by atoms with Gasteiger partial charge in [0.2, 0.25) is 41.4 Å². The molecule has 0 spiro atoms. The summed E-state index contributed by atoms with van der Waals surface area (Å²) < 4.78 is 0. The number of rotatable bonds is 20. The standard InChI is InChI=1S/C49H61N9O8.C2H4O2/c1-4-5-21-37(42(50)59)54-47(64)40-23-14-25-57(40)49(66)41-24-15-26-58(41)48(65)39(27-32-16-8-6-9-17-32)56-46(63)38(28-34-29-51-36-22-13-12-20-35(34)36)55-44(61)31(3)52-43(60)30(2)53-45(62)33-18-10-7-11-19-33;1-2(3)4/h6-13,16-20,22,29-31,37-41,51H,4-5,14-15,21,23-28H2,1-3H3,(H2,50,59)(H,52,60)(H,53,62)(H,54,64)(H,55,61)(H,56,63);1H3,(H,3,4). The van der Waals surface area contributed by atoms with E-state index in [1.165, 1.54) is 23.6 Å². The second-order valence-electron chi connectivity index (χ2n) is 17.7. The molecule has 7 unspecified atom stereocenters. The zero-order chi connectivity index (χ0) is 50.9. The van der Waals surface area contributed by atoms with Crippen LogP contribution in [0, 0.1) is 0 Å². The van der Waals surface area contributed by atoms with E-state index in [1.807, 2.05) is 61.5 Å². The number of carbonyl (C=O) groups excluding carboxylic acids is 8. The van der Waals surface area contributed by atoms with Gasteiger partial charge in [0.15, 0.2) is 0 Å². The van der Waals surface area contributed by atoms with E-state index in [9.17, 15) is 38.4 Å². The van der Waals surface area contributed by atoms with Crippen molar-refractivity contribution in [2.24, 2.45) is 5.73 Å². The summed E-state index contributed by atoms with van der Waals surface area (Å²) in [5.74, 6) is -5.27. The number of primary amides is 1. The highest BCUT2D eigenvalue weighted by Crippen LogP contribution is 2.27. The molecule has 0 saturated carbocycles. The number of benzene rings is 3. The van der Waals surface area contributed by atoms with Crippen molar-refractivity contribution in [1.82, 2.24) is 41.4 Å². The highest BCUT2D eigenvalue weighted by atomic mass is 16.4. The number of carboxylic acids is 1. The van der Waals surface area contributed by atoms with Crippen LogP contribution in [0.1, 0.15) is 94.1 Å². The summed E-state index contributed by atoms with van der Waals surface area (Å²) in [6.07, 6.45) is 5.51. The van der Waals surface area contributed by atoms with Crippen LogP contribution in [0.15, 0.2) is 91.1 Å². The Morgan fingerprint density at radius 3 is 1.91 bits per heavy atom. The number of carboxylic acid groups (broad SMARTS) is 1. The molecule has 3 heterocycles. The van der Waals surface area contributed by atoms with Crippen LogP contribution in [0.5, 0.6) is 0 Å². The SMILES string of the molecule is CC(=O)O.CCCCC(NC(=O)C1CCCN1C(=O)C1CCCN1C(=O)C(Cc1ccccc1)NC(=O)C(Cc1c[nH]c2ccccc12)NC(=O)C(C)NC(=O)C(C)NC(=O)c1ccccc1)C(N)=O. The van der Waals surface area contributed by atoms with Gasteiger partial charge in [-0.25, -0.2) is 0 Å². The average Bonchev–Trinajstić information content (AvgIpc) is 4.13. The lowest BCUT2D eigenvalue weighted by Crippen LogP contribution is -2.60. The lowest BCUT2D eigenvalue weighted by Gasteiger charge is -2.33. The van der Waals surface area contributed by atoms with Gasteiger partial charge in [-0.2, -0.15) is 0 Å². The molecule has 0 radical (unpaired) electrons. The molecule has 2 aliphatic rings. The van der Waals surface area contributed by atoms with Crippen molar-refractivity contribution in [2.45, 2.75) is 128 Å². The van der Waals surface area contributed by atoms with Gasteiger partial charge >= 0.3 is 0 Å². The van der Waals surface area contributed by atoms with E-state index in [1.54, 1.807) is 36.5 Å². The molecule has 8 amide bonds. The number of likely N-dealkylation sites (tertiary alicyclic amines) is 2. The molecule has 374 valence electrons. The molecule has 4 aromatic rings. The molecular weight excluding hydrogens is 899 g/mol. The predicted octanol–water partition coefficient (Wildman–Crippen LogP) is 2.48. The molecule has 2 aliphatic heterocycles. The van der Waals surface area contributed by atoms with Crippen LogP contribution in [0.4, 0.5) is 0 Å². The summed E-state index contributed by atoms with van der Waals surface area (Å²) in [6, 6.07) is 17.8. The molecule has 19 heteroatoms. The number of hydrogen-bond donors (Lipinski definition) is 8. The van der Waals surface area contributed by atoms with E-state index in [2.05, 4.69) is 31.6 Å². The van der Waals surface area contributed by atoms with E-state index >= 15 is 0 Å². The lowest BCUT2D eigenvalue weighted by atomic mass is 10.0. The van der Waals surface area contributed by atoms with Crippen molar-refractivity contribution < 1.29 is 48.3 Å². The van der Waals surface area contributed by atoms with E-state index in [-0.39, 0.29) is 25.3 Å². The maximum atomic E-state index is 14.8. The summed E-state index contributed by atoms with van der Waals surface area (Å²) >= 11 is 0. The van der Waals surface area contributed by atoms with E-state index in [4.69, 9.17) is 15.6 Å². The van der Waals surface area contributed by atoms with Gasteiger partial charge < -0.3 is 52.2 Å². The molecule has 1 aromatic heterocycles. The highest BCUT2D eigenvalue weighted by molar-refractivity contribution is 6.00. The molecule has 70 heavy (non-hydrogen) atoms. The fraction of sp³-hybridized carbons (Fsp3) is 0.431. The Bertz CT molecular complexity index is 2480. The van der Waals surface area contributed by atoms with Crippen LogP contribution in [0.2, 0.25) is 0 Å². The van der Waals surface area contributed by atoms with Crippen molar-refractivity contribution in [2.75, 3.05) is 13.1 Å². The fourth-order valence-corrected chi connectivity index (χ4v) is 8.63. The van der Waals surface area contributed by atoms with Gasteiger partial charge in [0.25, 0.3) is 11.9 Å². The second kappa shape index (κ2) is 25.7. The first-order valence-corrected chi connectivity index (χ1v) is 23.7. The van der Waals surface area contributed by atoms with Gasteiger partial charge in [-0.15, -0.1) is 0 Å². The summed E-state index contributed by atoms with van der Waals surface area (Å²) in [6.45, 7) is 6.54. The van der Waals surface area contributed by atoms with Gasteiger partial charge in [-0.05, 0) is 75.3 Å². The zero-order valence-electron chi connectivity index (χ0n) is 40.1. The normalized spacial score (nSPS) is 17.4. The second-order valence-corrected chi connectivity index (χ2v) is 17.7. The quantitative estimate of drug-likeness (QED) is 0.0641. The fourth-order valence-electron chi connectivity index (χ4n) is 8.63. The molecular formula is C51H65N9O10. The number of fused-ring (bicyclic) bond motifs is 1. The smallest absolute Gasteiger partial charge is 0.300 e. The van der Waals surface area contributed by atoms with Crippen LogP contribution in [0.25, 0.3) is 10.9 Å². The Balaban J connectivity index is 0.00000219. The van der Waals surface area contributed by atoms with E-state index in [0.29, 0.717) is 56.2 Å². The number of unbranched alkanes of at least 4 members (excludes halogenated alkanes) is 1. The number of hydrogen-bond acceptors (Lipinski definition) is 9. The zero-order valence-corrected chi connectivity index (χ0v) is 40.1. The molecule has 7 atom stereocenters. The van der Waals surface area contributed by atoms with Gasteiger partial charge in [0.1, 0.15) is 42.3 Å². The maximum Gasteiger partial charge on any atom is 0.300 e. The Morgan fingerprint density at radius 1 is 0.686 bits per heavy atom. The van der Waals surface area contributed by atoms with Gasteiger partial charge in [-0.3, -0.25) is 43.2 Å². The molecule has 3 aromatic carbocycles. The Hall–Kier alpha value is -7.57. The average molecular weight is 964 g/mol. The van der Waals surface area contributed by atoms with Crippen molar-refractivity contribution in [3.63, 3.8) is 0 Å². The third-order valence-electron chi connectivity index (χ3n) is 12.3. The molecule has 0 aliphatic carbocycles. The van der Waals surface area contributed by atoms with E-state index < -0.39 is 89.6 Å². The number of para-hydroxylation sites is 1. The first-order valence-electron chi connectivity index (χ1n) is 23.7. The molecule has 2 saturated heterocycles. The number of aromatic nitrogens is 1. The monoisotopic (exact) mass is 963 g/mol. The molecule has 0 bridgehead atoms. The first kappa shape index (κ1) is 53.4. The number of aromatic amines is 1. The predicted molar refractivity (Wildman–Crippen MR) is 260 cm³/mol. The van der Waals surface area contributed by atoms with Crippen molar-refractivity contribution in [3.05, 3.63) is 108 Å². The lowest BCUT2D eigenvalue weighted by molar-refractivity contribution is -0.148. The Morgan fingerprint density at radius 2 is 1.26 bits per heavy atom. The van der Waals surface area contributed by atoms with Crippen molar-refractivity contribution >= 4 is 64.1 Å². The van der Waals surface area contributed by atoms with Crippen LogP contribution in [-0.4, -0.2) is 128 Å². The largest absolute Gasteiger partial charge is 0.481 e. The first-order chi connectivity index (χ1) is 33.5. The van der Waals surface area contributed by atoms with Crippen molar-refractivity contribution in [1.29, 1.82) is 0 Å². The number of nitrogens with one attached hydrogen (secondary N) is 6. The van der Waals surface area contributed by atoms with Crippen molar-refractivity contribution in [3.8, 4) is 0 Å². The number of carbonyl (C=O) groups is 9. The summed E-state index contributed by atoms with van der Waals surface area (Å²) in [7, 11) is 0. The maximum absolute atomic E-state index is 14.8. The molecule has 19 nitrogen and oxygen atoms in total. The number of nitrogens with zero attached hydrogens (tertiary/aromatic N) is 2.